The van der Waals surface area contributed by atoms with Gasteiger partial charge in [0.25, 0.3) is 0 Å². The van der Waals surface area contributed by atoms with E-state index >= 15 is 0 Å². The smallest absolute Gasteiger partial charge is 0.396 e. The Morgan fingerprint density at radius 2 is 1.57 bits per heavy atom. The molecule has 0 saturated carbocycles. The normalized spacial score (nSPS) is 12.6. The van der Waals surface area contributed by atoms with Gasteiger partial charge in [0.2, 0.25) is 0 Å². The molecular formula is C18H24O3. The minimum absolute atomic E-state index is 0.0222. The number of hydrogen-bond donors (Lipinski definition) is 0. The first-order valence-electron chi connectivity index (χ1n) is 7.45. The summed E-state index contributed by atoms with van der Waals surface area (Å²) in [6, 6.07) is 10.4. The predicted molar refractivity (Wildman–Crippen MR) is 83.7 cm³/mol. The largest absolute Gasteiger partial charge is 0.519 e. The second-order valence-electron chi connectivity index (χ2n) is 6.87. The van der Waals surface area contributed by atoms with Crippen molar-refractivity contribution < 1.29 is 8.83 Å². The minimum Gasteiger partial charge on any atom is -0.396 e. The predicted octanol–water partition coefficient (Wildman–Crippen LogP) is 4.44. The van der Waals surface area contributed by atoms with Crippen LogP contribution in [0.1, 0.15) is 58.1 Å². The lowest BCUT2D eigenvalue weighted by Gasteiger charge is -2.34. The van der Waals surface area contributed by atoms with Gasteiger partial charge in [0.15, 0.2) is 5.76 Å². The van der Waals surface area contributed by atoms with Crippen LogP contribution >= 0.6 is 0 Å². The van der Waals surface area contributed by atoms with Crippen molar-refractivity contribution in [3.63, 3.8) is 0 Å². The molecule has 0 saturated heterocycles. The summed E-state index contributed by atoms with van der Waals surface area (Å²) in [5, 5.41) is 0. The lowest BCUT2D eigenvalue weighted by molar-refractivity contribution is 0.283. The van der Waals surface area contributed by atoms with Crippen LogP contribution in [0.3, 0.4) is 0 Å². The number of rotatable bonds is 5. The van der Waals surface area contributed by atoms with Crippen molar-refractivity contribution in [2.45, 2.75) is 58.3 Å². The van der Waals surface area contributed by atoms with E-state index in [0.29, 0.717) is 17.9 Å². The van der Waals surface area contributed by atoms with Crippen molar-refractivity contribution in [2.75, 3.05) is 0 Å². The van der Waals surface area contributed by atoms with Crippen LogP contribution in [-0.2, 0) is 17.3 Å². The zero-order valence-electron chi connectivity index (χ0n) is 13.5. The van der Waals surface area contributed by atoms with Crippen LogP contribution in [0.5, 0.6) is 0 Å². The number of aryl methyl sites for hydroxylation is 1. The van der Waals surface area contributed by atoms with Crippen molar-refractivity contribution in [3.8, 4) is 0 Å². The second-order valence-corrected chi connectivity index (χ2v) is 6.87. The zero-order valence-corrected chi connectivity index (χ0v) is 13.5. The van der Waals surface area contributed by atoms with Gasteiger partial charge in [-0.25, -0.2) is 4.79 Å². The summed E-state index contributed by atoms with van der Waals surface area (Å²) in [7, 11) is 0. The molecule has 0 aliphatic carbocycles. The average molecular weight is 288 g/mol. The van der Waals surface area contributed by atoms with Gasteiger partial charge >= 0.3 is 5.82 Å². The molecule has 0 spiro atoms. The molecule has 0 bridgehead atoms. The Hall–Kier alpha value is -1.77. The van der Waals surface area contributed by atoms with Crippen molar-refractivity contribution in [3.05, 3.63) is 58.0 Å². The Morgan fingerprint density at radius 1 is 0.952 bits per heavy atom. The monoisotopic (exact) mass is 288 g/mol. The Morgan fingerprint density at radius 3 is 2.14 bits per heavy atom. The van der Waals surface area contributed by atoms with Crippen LogP contribution in [-0.4, -0.2) is 0 Å². The first-order chi connectivity index (χ1) is 9.76. The summed E-state index contributed by atoms with van der Waals surface area (Å²) in [5.74, 6) is 0.736. The molecule has 3 heteroatoms. The molecule has 2 rings (SSSR count). The van der Waals surface area contributed by atoms with Crippen LogP contribution in [0.15, 0.2) is 44.0 Å². The van der Waals surface area contributed by atoms with Gasteiger partial charge in [-0.05, 0) is 17.4 Å². The third-order valence-electron chi connectivity index (χ3n) is 4.02. The van der Waals surface area contributed by atoms with E-state index in [1.165, 1.54) is 5.56 Å². The number of benzene rings is 1. The fourth-order valence-electron chi connectivity index (χ4n) is 3.23. The molecule has 2 aromatic rings. The lowest BCUT2D eigenvalue weighted by atomic mass is 9.70. The molecule has 21 heavy (non-hydrogen) atoms. The third kappa shape index (κ3) is 3.29. The molecule has 0 unspecified atom stereocenters. The summed E-state index contributed by atoms with van der Waals surface area (Å²) in [6.45, 7) is 10.6. The highest BCUT2D eigenvalue weighted by molar-refractivity contribution is 5.26. The van der Waals surface area contributed by atoms with Crippen LogP contribution in [0.4, 0.5) is 0 Å². The average Bonchev–Trinajstić information content (AvgIpc) is 2.81. The zero-order chi connectivity index (χ0) is 15.7. The number of hydrogen-bond acceptors (Lipinski definition) is 3. The Balaban J connectivity index is 2.34. The van der Waals surface area contributed by atoms with Crippen molar-refractivity contribution in [2.24, 2.45) is 0 Å². The summed E-state index contributed by atoms with van der Waals surface area (Å²) in [4.78, 5) is 11.4. The summed E-state index contributed by atoms with van der Waals surface area (Å²) >= 11 is 0. The van der Waals surface area contributed by atoms with E-state index in [0.717, 1.165) is 6.42 Å². The summed E-state index contributed by atoms with van der Waals surface area (Å²) in [5.41, 5.74) is 0.990. The van der Waals surface area contributed by atoms with Gasteiger partial charge in [-0.3, -0.25) is 0 Å². The Bertz CT molecular complexity index is 645. The molecule has 0 radical (unpaired) electrons. The fourth-order valence-corrected chi connectivity index (χ4v) is 3.23. The van der Waals surface area contributed by atoms with E-state index < -0.39 is 5.82 Å². The lowest BCUT2D eigenvalue weighted by Crippen LogP contribution is -2.30. The van der Waals surface area contributed by atoms with E-state index in [4.69, 9.17) is 8.83 Å². The standard InChI is InChI=1S/C18H24O3/c1-6-14-15(21-16(19)20-14)18(4,5)12-17(2,3)13-10-8-7-9-11-13/h7-11H,6,12H2,1-5H3. The fraction of sp³-hybridized carbons (Fsp3) is 0.500. The van der Waals surface area contributed by atoms with E-state index in [1.807, 2.05) is 13.0 Å². The molecule has 0 aliphatic heterocycles. The Labute approximate surface area is 126 Å². The maximum Gasteiger partial charge on any atom is 0.519 e. The third-order valence-corrected chi connectivity index (χ3v) is 4.02. The van der Waals surface area contributed by atoms with E-state index in [-0.39, 0.29) is 10.8 Å². The van der Waals surface area contributed by atoms with Gasteiger partial charge in [0.05, 0.1) is 0 Å². The van der Waals surface area contributed by atoms with Crippen LogP contribution in [0.2, 0.25) is 0 Å². The van der Waals surface area contributed by atoms with Crippen LogP contribution in [0.25, 0.3) is 0 Å². The molecule has 0 aliphatic rings. The highest BCUT2D eigenvalue weighted by Gasteiger charge is 2.36. The molecular weight excluding hydrogens is 264 g/mol. The van der Waals surface area contributed by atoms with Gasteiger partial charge in [-0.2, -0.15) is 0 Å². The molecule has 1 heterocycles. The van der Waals surface area contributed by atoms with Gasteiger partial charge in [0.1, 0.15) is 5.76 Å². The minimum atomic E-state index is -0.604. The molecule has 0 atom stereocenters. The van der Waals surface area contributed by atoms with Crippen molar-refractivity contribution in [1.82, 2.24) is 0 Å². The Kier molecular flexibility index (Phi) is 4.13. The van der Waals surface area contributed by atoms with Crippen molar-refractivity contribution in [1.29, 1.82) is 0 Å². The van der Waals surface area contributed by atoms with Gasteiger partial charge < -0.3 is 8.83 Å². The van der Waals surface area contributed by atoms with Crippen LogP contribution < -0.4 is 5.82 Å². The van der Waals surface area contributed by atoms with E-state index in [1.54, 1.807) is 0 Å². The quantitative estimate of drug-likeness (QED) is 0.817. The SMILES string of the molecule is CCc1oc(=O)oc1C(C)(C)CC(C)(C)c1ccccc1. The molecule has 1 aromatic heterocycles. The second kappa shape index (κ2) is 5.55. The summed E-state index contributed by atoms with van der Waals surface area (Å²) in [6.07, 6.45) is 1.52. The van der Waals surface area contributed by atoms with E-state index in [9.17, 15) is 4.79 Å². The van der Waals surface area contributed by atoms with Crippen LogP contribution in [0, 0.1) is 0 Å². The molecule has 3 nitrogen and oxygen atoms in total. The molecule has 0 N–H and O–H groups in total. The first kappa shape index (κ1) is 15.6. The molecule has 114 valence electrons. The molecule has 1 aromatic carbocycles. The molecule has 0 fully saturated rings. The maximum absolute atomic E-state index is 11.4. The van der Waals surface area contributed by atoms with Gasteiger partial charge in [0, 0.05) is 11.8 Å². The van der Waals surface area contributed by atoms with Gasteiger partial charge in [-0.15, -0.1) is 0 Å². The summed E-state index contributed by atoms with van der Waals surface area (Å²) < 4.78 is 10.5. The van der Waals surface area contributed by atoms with Crippen molar-refractivity contribution >= 4 is 0 Å². The molecule has 0 amide bonds. The topological polar surface area (TPSA) is 43.4 Å². The highest BCUT2D eigenvalue weighted by Crippen LogP contribution is 2.39. The first-order valence-corrected chi connectivity index (χ1v) is 7.45. The maximum atomic E-state index is 11.4. The van der Waals surface area contributed by atoms with E-state index in [2.05, 4.69) is 52.0 Å². The highest BCUT2D eigenvalue weighted by atomic mass is 16.6. The van der Waals surface area contributed by atoms with Gasteiger partial charge in [-0.1, -0.05) is 65.0 Å².